The monoisotopic (exact) mass is 454 g/mol. The highest BCUT2D eigenvalue weighted by atomic mass is 32.2. The molecule has 0 aromatic heterocycles. The number of rotatable bonds is 10. The highest BCUT2D eigenvalue weighted by molar-refractivity contribution is 7.86. The number of nitrogens with one attached hydrogen (secondary N) is 2. The van der Waals surface area contributed by atoms with Gasteiger partial charge in [-0.25, -0.2) is 4.21 Å². The number of benzene rings is 3. The van der Waals surface area contributed by atoms with E-state index in [1.54, 1.807) is 56.7 Å². The van der Waals surface area contributed by atoms with E-state index in [0.717, 1.165) is 11.3 Å². The Balaban J connectivity index is 1.52. The van der Waals surface area contributed by atoms with Crippen molar-refractivity contribution in [2.45, 2.75) is 18.2 Å². The minimum atomic E-state index is -1.52. The molecular weight excluding hydrogens is 428 g/mol. The Kier molecular flexibility index (Phi) is 8.10. The lowest BCUT2D eigenvalue weighted by atomic mass is 10.2. The van der Waals surface area contributed by atoms with Gasteiger partial charge in [0.15, 0.2) is 0 Å². The number of carbonyl (C=O) groups is 1. The van der Waals surface area contributed by atoms with E-state index in [9.17, 15) is 9.00 Å². The van der Waals surface area contributed by atoms with E-state index in [2.05, 4.69) is 10.0 Å². The lowest BCUT2D eigenvalue weighted by Crippen LogP contribution is -2.15. The van der Waals surface area contributed by atoms with Gasteiger partial charge in [0.1, 0.15) is 28.2 Å². The summed E-state index contributed by atoms with van der Waals surface area (Å²) in [4.78, 5) is 12.7. The third kappa shape index (κ3) is 6.49. The number of anilines is 2. The van der Waals surface area contributed by atoms with Crippen molar-refractivity contribution in [3.63, 3.8) is 0 Å². The van der Waals surface area contributed by atoms with Crippen LogP contribution in [-0.4, -0.2) is 30.9 Å². The molecule has 0 bridgehead atoms. The second-order valence-electron chi connectivity index (χ2n) is 6.92. The Morgan fingerprint density at radius 2 is 1.59 bits per heavy atom. The van der Waals surface area contributed by atoms with Gasteiger partial charge in [-0.15, -0.1) is 0 Å². The van der Waals surface area contributed by atoms with Crippen molar-refractivity contribution >= 4 is 28.3 Å². The van der Waals surface area contributed by atoms with Gasteiger partial charge < -0.3 is 19.5 Å². The highest BCUT2D eigenvalue weighted by Gasteiger charge is 2.11. The fourth-order valence-corrected chi connectivity index (χ4v) is 3.69. The van der Waals surface area contributed by atoms with E-state index in [1.165, 1.54) is 0 Å². The zero-order valence-electron chi connectivity index (χ0n) is 18.2. The zero-order chi connectivity index (χ0) is 22.9. The van der Waals surface area contributed by atoms with Gasteiger partial charge in [0, 0.05) is 11.8 Å². The van der Waals surface area contributed by atoms with Crippen LogP contribution in [0.2, 0.25) is 0 Å². The maximum atomic E-state index is 12.7. The molecule has 3 aromatic carbocycles. The maximum Gasteiger partial charge on any atom is 0.227 e. The molecule has 2 N–H and O–H groups in total. The Hall–Kier alpha value is -3.52. The highest BCUT2D eigenvalue weighted by Crippen LogP contribution is 2.30. The average Bonchev–Trinajstić information content (AvgIpc) is 2.80. The van der Waals surface area contributed by atoms with E-state index in [-0.39, 0.29) is 18.9 Å². The van der Waals surface area contributed by atoms with Crippen LogP contribution in [0.5, 0.6) is 17.2 Å². The van der Waals surface area contributed by atoms with Crippen molar-refractivity contribution in [2.75, 3.05) is 30.9 Å². The molecular formula is C24H26N2O5S. The summed E-state index contributed by atoms with van der Waals surface area (Å²) < 4.78 is 31.7. The first kappa shape index (κ1) is 23.1. The largest absolute Gasteiger partial charge is 0.497 e. The Morgan fingerprint density at radius 1 is 0.906 bits per heavy atom. The number of carbonyl (C=O) groups excluding carboxylic acids is 1. The van der Waals surface area contributed by atoms with Crippen LogP contribution in [-0.2, 0) is 15.8 Å². The number of ether oxygens (including phenoxy) is 3. The van der Waals surface area contributed by atoms with Gasteiger partial charge in [-0.1, -0.05) is 17.7 Å². The molecule has 1 amide bonds. The van der Waals surface area contributed by atoms with Crippen molar-refractivity contribution in [2.24, 2.45) is 0 Å². The third-order valence-electron chi connectivity index (χ3n) is 4.58. The number of aryl methyl sites for hydroxylation is 1. The normalized spacial score (nSPS) is 11.3. The minimum Gasteiger partial charge on any atom is -0.497 e. The summed E-state index contributed by atoms with van der Waals surface area (Å²) in [6.07, 6.45) is 0.221. The topological polar surface area (TPSA) is 85.9 Å². The molecule has 7 nitrogen and oxygen atoms in total. The third-order valence-corrected chi connectivity index (χ3v) is 5.69. The summed E-state index contributed by atoms with van der Waals surface area (Å²) >= 11 is 0. The standard InChI is InChI=1S/C24H26N2O5S/c1-17-4-8-19(9-5-17)31-15-14-24(27)25-18-6-11-21(12-7-18)32(28)26-22-16-20(29-2)10-13-23(22)30-3/h4-13,16,26H,14-15H2,1-3H3,(H,25,27). The van der Waals surface area contributed by atoms with E-state index in [4.69, 9.17) is 14.2 Å². The quantitative estimate of drug-likeness (QED) is 0.469. The predicted octanol–water partition coefficient (Wildman–Crippen LogP) is 4.55. The molecule has 1 unspecified atom stereocenters. The van der Waals surface area contributed by atoms with Gasteiger partial charge in [0.25, 0.3) is 0 Å². The van der Waals surface area contributed by atoms with Crippen molar-refractivity contribution in [3.05, 3.63) is 72.3 Å². The molecule has 168 valence electrons. The molecule has 0 fully saturated rings. The summed E-state index contributed by atoms with van der Waals surface area (Å²) in [6.45, 7) is 2.28. The van der Waals surface area contributed by atoms with Crippen LogP contribution in [0.3, 0.4) is 0 Å². The minimum absolute atomic E-state index is 0.162. The first-order valence-electron chi connectivity index (χ1n) is 9.98. The number of hydrogen-bond donors (Lipinski definition) is 2. The number of methoxy groups -OCH3 is 2. The molecule has 0 aliphatic rings. The van der Waals surface area contributed by atoms with Gasteiger partial charge in [-0.05, 0) is 55.5 Å². The van der Waals surface area contributed by atoms with Crippen molar-refractivity contribution < 1.29 is 23.2 Å². The molecule has 3 rings (SSSR count). The molecule has 0 aliphatic heterocycles. The van der Waals surface area contributed by atoms with E-state index in [1.807, 2.05) is 31.2 Å². The molecule has 1 atom stereocenters. The first-order valence-corrected chi connectivity index (χ1v) is 11.1. The lowest BCUT2D eigenvalue weighted by Gasteiger charge is -2.12. The summed E-state index contributed by atoms with van der Waals surface area (Å²) in [5.74, 6) is 1.74. The molecule has 0 saturated heterocycles. The van der Waals surface area contributed by atoms with Crippen molar-refractivity contribution in [1.29, 1.82) is 0 Å². The molecule has 3 aromatic rings. The van der Waals surface area contributed by atoms with E-state index in [0.29, 0.717) is 27.8 Å². The molecule has 0 saturated carbocycles. The van der Waals surface area contributed by atoms with Crippen LogP contribution in [0.15, 0.2) is 71.6 Å². The summed E-state index contributed by atoms with van der Waals surface area (Å²) in [6, 6.07) is 19.7. The van der Waals surface area contributed by atoms with Gasteiger partial charge in [0.2, 0.25) is 5.91 Å². The van der Waals surface area contributed by atoms with Crippen LogP contribution in [0.25, 0.3) is 0 Å². The van der Waals surface area contributed by atoms with Gasteiger partial charge >= 0.3 is 0 Å². The summed E-state index contributed by atoms with van der Waals surface area (Å²) in [7, 11) is 1.58. The van der Waals surface area contributed by atoms with Crippen LogP contribution < -0.4 is 24.2 Å². The summed E-state index contributed by atoms with van der Waals surface area (Å²) in [5, 5.41) is 2.81. The Morgan fingerprint density at radius 3 is 2.25 bits per heavy atom. The van der Waals surface area contributed by atoms with E-state index >= 15 is 0 Å². The molecule has 0 aliphatic carbocycles. The smallest absolute Gasteiger partial charge is 0.227 e. The van der Waals surface area contributed by atoms with Crippen LogP contribution >= 0.6 is 0 Å². The fraction of sp³-hybridized carbons (Fsp3) is 0.208. The Labute approximate surface area is 190 Å². The van der Waals surface area contributed by atoms with Crippen LogP contribution in [0.1, 0.15) is 12.0 Å². The average molecular weight is 455 g/mol. The van der Waals surface area contributed by atoms with Gasteiger partial charge in [0.05, 0.1) is 37.8 Å². The van der Waals surface area contributed by atoms with Crippen molar-refractivity contribution in [3.8, 4) is 17.2 Å². The van der Waals surface area contributed by atoms with Gasteiger partial charge in [-0.2, -0.15) is 0 Å². The molecule has 8 heteroatoms. The SMILES string of the molecule is COc1ccc(OC)c(NS(=O)c2ccc(NC(=O)CCOc3ccc(C)cc3)cc2)c1. The van der Waals surface area contributed by atoms with E-state index < -0.39 is 11.0 Å². The summed E-state index contributed by atoms with van der Waals surface area (Å²) in [5.41, 5.74) is 2.32. The van der Waals surface area contributed by atoms with Crippen LogP contribution in [0, 0.1) is 6.92 Å². The second-order valence-corrected chi connectivity index (χ2v) is 8.13. The maximum absolute atomic E-state index is 12.7. The molecule has 0 spiro atoms. The molecule has 32 heavy (non-hydrogen) atoms. The van der Waals surface area contributed by atoms with Crippen molar-refractivity contribution in [1.82, 2.24) is 0 Å². The number of hydrogen-bond acceptors (Lipinski definition) is 5. The Bertz CT molecular complexity index is 1070. The molecule has 0 heterocycles. The lowest BCUT2D eigenvalue weighted by molar-refractivity contribution is -0.116. The number of amides is 1. The van der Waals surface area contributed by atoms with Gasteiger partial charge in [-0.3, -0.25) is 9.52 Å². The van der Waals surface area contributed by atoms with Crippen LogP contribution in [0.4, 0.5) is 11.4 Å². The predicted molar refractivity (Wildman–Crippen MR) is 126 cm³/mol. The second kappa shape index (κ2) is 11.2. The fourth-order valence-electron chi connectivity index (χ4n) is 2.83. The first-order chi connectivity index (χ1) is 15.5. The zero-order valence-corrected chi connectivity index (χ0v) is 19.0. The molecule has 0 radical (unpaired) electrons.